The fourth-order valence-corrected chi connectivity index (χ4v) is 3.38. The Labute approximate surface area is 144 Å². The number of aromatic nitrogens is 2. The van der Waals surface area contributed by atoms with Crippen molar-refractivity contribution in [2.45, 2.75) is 32.7 Å². The smallest absolute Gasteiger partial charge is 0.319 e. The molecule has 130 valence electrons. The first-order valence-corrected chi connectivity index (χ1v) is 11.5. The maximum atomic E-state index is 12.0. The van der Waals surface area contributed by atoms with Crippen LogP contribution in [0.25, 0.3) is 0 Å². The summed E-state index contributed by atoms with van der Waals surface area (Å²) in [5.74, 6) is 0. The first-order valence-electron chi connectivity index (χ1n) is 8.04. The van der Waals surface area contributed by atoms with Gasteiger partial charge in [-0.25, -0.2) is 4.79 Å². The molecule has 1 aromatic carbocycles. The molecule has 0 aliphatic heterocycles. The standard InChI is InChI=1S/C17H26N4O2Si/c1-23-10-9-21-13-15(12-19-21)20-17(22)18-11-14-5-7-16(8-6-14)24(2,3)4/h5-8,12-13H,9-11H2,1-4H3,(H2,18,20,22). The predicted octanol–water partition coefficient (Wildman–Crippen LogP) is 2.40. The molecular weight excluding hydrogens is 320 g/mol. The molecular formula is C17H26N4O2Si. The maximum absolute atomic E-state index is 12.0. The van der Waals surface area contributed by atoms with Gasteiger partial charge >= 0.3 is 6.03 Å². The number of nitrogens with one attached hydrogen (secondary N) is 2. The lowest BCUT2D eigenvalue weighted by Crippen LogP contribution is -2.37. The lowest BCUT2D eigenvalue weighted by Gasteiger charge is -2.16. The number of ether oxygens (including phenoxy) is 1. The molecule has 0 unspecified atom stereocenters. The van der Waals surface area contributed by atoms with E-state index in [2.05, 4.69) is 59.6 Å². The van der Waals surface area contributed by atoms with Crippen molar-refractivity contribution in [3.8, 4) is 0 Å². The Morgan fingerprint density at radius 3 is 2.58 bits per heavy atom. The molecule has 7 heteroatoms. The number of hydrogen-bond donors (Lipinski definition) is 2. The van der Waals surface area contributed by atoms with Gasteiger partial charge in [-0.2, -0.15) is 5.10 Å². The number of carbonyl (C=O) groups is 1. The highest BCUT2D eigenvalue weighted by Gasteiger charge is 2.15. The number of urea groups is 1. The van der Waals surface area contributed by atoms with Crippen LogP contribution in [-0.4, -0.2) is 37.6 Å². The minimum Gasteiger partial charge on any atom is -0.383 e. The van der Waals surface area contributed by atoms with Crippen LogP contribution in [0, 0.1) is 0 Å². The van der Waals surface area contributed by atoms with Gasteiger partial charge in [-0.1, -0.05) is 49.1 Å². The van der Waals surface area contributed by atoms with E-state index in [1.54, 1.807) is 24.2 Å². The van der Waals surface area contributed by atoms with Gasteiger partial charge in [-0.3, -0.25) is 4.68 Å². The second-order valence-electron chi connectivity index (χ2n) is 6.74. The SMILES string of the molecule is COCCn1cc(NC(=O)NCc2ccc([Si](C)(C)C)cc2)cn1. The van der Waals surface area contributed by atoms with Crippen molar-refractivity contribution in [1.29, 1.82) is 0 Å². The van der Waals surface area contributed by atoms with Crippen LogP contribution in [0.5, 0.6) is 0 Å². The number of carbonyl (C=O) groups excluding carboxylic acids is 1. The third-order valence-electron chi connectivity index (χ3n) is 3.69. The highest BCUT2D eigenvalue weighted by atomic mass is 28.3. The summed E-state index contributed by atoms with van der Waals surface area (Å²) in [6, 6.07) is 8.26. The molecule has 0 bridgehead atoms. The monoisotopic (exact) mass is 346 g/mol. The Hall–Kier alpha value is -2.12. The molecule has 1 heterocycles. The summed E-state index contributed by atoms with van der Waals surface area (Å²) in [6.45, 7) is 8.70. The molecule has 0 spiro atoms. The molecule has 2 N–H and O–H groups in total. The molecule has 0 fully saturated rings. The maximum Gasteiger partial charge on any atom is 0.319 e. The van der Waals surface area contributed by atoms with Gasteiger partial charge in [-0.05, 0) is 5.56 Å². The van der Waals surface area contributed by atoms with E-state index in [-0.39, 0.29) is 6.03 Å². The van der Waals surface area contributed by atoms with Crippen molar-refractivity contribution < 1.29 is 9.53 Å². The zero-order chi connectivity index (χ0) is 17.6. The van der Waals surface area contributed by atoms with Crippen LogP contribution in [0.1, 0.15) is 5.56 Å². The van der Waals surface area contributed by atoms with Crippen LogP contribution in [0.15, 0.2) is 36.7 Å². The summed E-state index contributed by atoms with van der Waals surface area (Å²) >= 11 is 0. The lowest BCUT2D eigenvalue weighted by molar-refractivity contribution is 0.183. The van der Waals surface area contributed by atoms with Gasteiger partial charge in [0.05, 0.1) is 33.1 Å². The molecule has 0 saturated carbocycles. The molecule has 2 aromatic rings. The number of amides is 2. The minimum absolute atomic E-state index is 0.240. The highest BCUT2D eigenvalue weighted by molar-refractivity contribution is 6.88. The zero-order valence-electron chi connectivity index (χ0n) is 14.8. The van der Waals surface area contributed by atoms with Crippen molar-refractivity contribution in [2.24, 2.45) is 0 Å². The highest BCUT2D eigenvalue weighted by Crippen LogP contribution is 2.06. The molecule has 24 heavy (non-hydrogen) atoms. The van der Waals surface area contributed by atoms with Crippen LogP contribution in [0.4, 0.5) is 10.5 Å². The second-order valence-corrected chi connectivity index (χ2v) is 11.8. The zero-order valence-corrected chi connectivity index (χ0v) is 15.8. The largest absolute Gasteiger partial charge is 0.383 e. The van der Waals surface area contributed by atoms with Gasteiger partial charge in [-0.15, -0.1) is 0 Å². The molecule has 0 saturated heterocycles. The van der Waals surface area contributed by atoms with Gasteiger partial charge in [0, 0.05) is 19.9 Å². The van der Waals surface area contributed by atoms with E-state index in [1.165, 1.54) is 5.19 Å². The van der Waals surface area contributed by atoms with E-state index in [4.69, 9.17) is 4.74 Å². The Balaban J connectivity index is 1.81. The topological polar surface area (TPSA) is 68.2 Å². The first-order chi connectivity index (χ1) is 11.4. The molecule has 2 rings (SSSR count). The van der Waals surface area contributed by atoms with E-state index in [0.717, 1.165) is 5.56 Å². The number of benzene rings is 1. The molecule has 0 aliphatic rings. The van der Waals surface area contributed by atoms with Crippen molar-refractivity contribution in [3.63, 3.8) is 0 Å². The van der Waals surface area contributed by atoms with Crippen molar-refractivity contribution in [2.75, 3.05) is 19.0 Å². The average molecular weight is 347 g/mol. The van der Waals surface area contributed by atoms with Crippen LogP contribution in [0.3, 0.4) is 0 Å². The number of anilines is 1. The summed E-state index contributed by atoms with van der Waals surface area (Å²) in [4.78, 5) is 12.0. The lowest BCUT2D eigenvalue weighted by atomic mass is 10.2. The number of nitrogens with zero attached hydrogens (tertiary/aromatic N) is 2. The molecule has 0 radical (unpaired) electrons. The predicted molar refractivity (Wildman–Crippen MR) is 99.4 cm³/mol. The summed E-state index contributed by atoms with van der Waals surface area (Å²) in [5, 5.41) is 11.2. The second kappa shape index (κ2) is 8.12. The van der Waals surface area contributed by atoms with E-state index >= 15 is 0 Å². The van der Waals surface area contributed by atoms with Crippen molar-refractivity contribution >= 4 is 25.0 Å². The van der Waals surface area contributed by atoms with E-state index in [1.807, 2.05) is 0 Å². The third-order valence-corrected chi connectivity index (χ3v) is 5.75. The van der Waals surface area contributed by atoms with Crippen LogP contribution < -0.4 is 15.8 Å². The third kappa shape index (κ3) is 5.50. The first kappa shape index (κ1) is 18.2. The van der Waals surface area contributed by atoms with E-state index in [0.29, 0.717) is 25.4 Å². The van der Waals surface area contributed by atoms with Crippen LogP contribution in [0.2, 0.25) is 19.6 Å². The van der Waals surface area contributed by atoms with Gasteiger partial charge in [0.1, 0.15) is 0 Å². The summed E-state index contributed by atoms with van der Waals surface area (Å²) in [7, 11) is 0.368. The van der Waals surface area contributed by atoms with Gasteiger partial charge < -0.3 is 15.4 Å². The molecule has 6 nitrogen and oxygen atoms in total. The molecule has 1 aromatic heterocycles. The Morgan fingerprint density at radius 2 is 1.96 bits per heavy atom. The van der Waals surface area contributed by atoms with Crippen molar-refractivity contribution in [3.05, 3.63) is 42.2 Å². The van der Waals surface area contributed by atoms with Gasteiger partial charge in [0.2, 0.25) is 0 Å². The van der Waals surface area contributed by atoms with Crippen LogP contribution in [-0.2, 0) is 17.8 Å². The Kier molecular flexibility index (Phi) is 6.16. The Morgan fingerprint density at radius 1 is 1.25 bits per heavy atom. The molecule has 0 aliphatic carbocycles. The summed E-state index contributed by atoms with van der Waals surface area (Å²) in [5.41, 5.74) is 1.75. The fraction of sp³-hybridized carbons (Fsp3) is 0.412. The summed E-state index contributed by atoms with van der Waals surface area (Å²) < 4.78 is 6.73. The number of hydrogen-bond acceptors (Lipinski definition) is 3. The number of methoxy groups -OCH3 is 1. The molecule has 0 atom stereocenters. The van der Waals surface area contributed by atoms with Crippen molar-refractivity contribution in [1.82, 2.24) is 15.1 Å². The molecule has 2 amide bonds. The van der Waals surface area contributed by atoms with Crippen LogP contribution >= 0.6 is 0 Å². The minimum atomic E-state index is -1.28. The quantitative estimate of drug-likeness (QED) is 0.757. The summed E-state index contributed by atoms with van der Waals surface area (Å²) in [6.07, 6.45) is 3.40. The van der Waals surface area contributed by atoms with Gasteiger partial charge in [0.15, 0.2) is 0 Å². The van der Waals surface area contributed by atoms with E-state index in [9.17, 15) is 4.79 Å². The number of rotatable bonds is 7. The fourth-order valence-electron chi connectivity index (χ4n) is 2.22. The Bertz CT molecular complexity index is 662. The van der Waals surface area contributed by atoms with E-state index < -0.39 is 8.07 Å². The normalized spacial score (nSPS) is 11.3. The average Bonchev–Trinajstić information content (AvgIpc) is 2.98. The van der Waals surface area contributed by atoms with Gasteiger partial charge in [0.25, 0.3) is 0 Å².